The lowest BCUT2D eigenvalue weighted by Crippen LogP contribution is -2.19. The van der Waals surface area contributed by atoms with Crippen LogP contribution >= 0.6 is 27.3 Å². The van der Waals surface area contributed by atoms with Crippen molar-refractivity contribution in [3.8, 4) is 5.75 Å². The Morgan fingerprint density at radius 1 is 1.50 bits per heavy atom. The normalized spacial score (nSPS) is 12.4. The Kier molecular flexibility index (Phi) is 4.74. The topological polar surface area (TPSA) is 34.2 Å². The maximum absolute atomic E-state index is 5.28. The zero-order valence-electron chi connectivity index (χ0n) is 10.3. The number of halogens is 1. The second kappa shape index (κ2) is 6.31. The molecule has 0 radical (unpaired) electrons. The van der Waals surface area contributed by atoms with Gasteiger partial charge in [0, 0.05) is 28.5 Å². The third-order valence-corrected chi connectivity index (χ3v) is 4.31. The average molecular weight is 327 g/mol. The Morgan fingerprint density at radius 3 is 2.94 bits per heavy atom. The molecule has 1 atom stereocenters. The van der Waals surface area contributed by atoms with Gasteiger partial charge in [0.15, 0.2) is 0 Å². The number of ether oxygens (including phenoxy) is 1. The molecule has 5 heteroatoms. The third kappa shape index (κ3) is 3.10. The van der Waals surface area contributed by atoms with Crippen LogP contribution in [0.15, 0.2) is 34.2 Å². The molecule has 96 valence electrons. The molecule has 0 aliphatic heterocycles. The van der Waals surface area contributed by atoms with Gasteiger partial charge in [-0.25, -0.2) is 4.98 Å². The quantitative estimate of drug-likeness (QED) is 0.914. The fraction of sp³-hybridized carbons (Fsp3) is 0.308. The SMILES string of the molecule is CNC(Cc1nccs1)c1cc(OC)ccc1Br. The Morgan fingerprint density at radius 2 is 2.33 bits per heavy atom. The highest BCUT2D eigenvalue weighted by Crippen LogP contribution is 2.29. The summed E-state index contributed by atoms with van der Waals surface area (Å²) in [5, 5.41) is 6.46. The van der Waals surface area contributed by atoms with Gasteiger partial charge in [-0.15, -0.1) is 11.3 Å². The van der Waals surface area contributed by atoms with E-state index in [1.165, 1.54) is 5.56 Å². The number of thiazole rings is 1. The second-order valence-corrected chi connectivity index (χ2v) is 5.69. The molecule has 0 fully saturated rings. The van der Waals surface area contributed by atoms with E-state index in [1.54, 1.807) is 18.4 Å². The zero-order valence-corrected chi connectivity index (χ0v) is 12.7. The number of methoxy groups -OCH3 is 1. The van der Waals surface area contributed by atoms with Crippen molar-refractivity contribution in [2.24, 2.45) is 0 Å². The minimum absolute atomic E-state index is 0.223. The molecule has 3 nitrogen and oxygen atoms in total. The van der Waals surface area contributed by atoms with Crippen molar-refractivity contribution in [2.75, 3.05) is 14.2 Å². The summed E-state index contributed by atoms with van der Waals surface area (Å²) in [6.07, 6.45) is 2.72. The lowest BCUT2D eigenvalue weighted by molar-refractivity contribution is 0.413. The van der Waals surface area contributed by atoms with Crippen LogP contribution in [0.4, 0.5) is 0 Å². The molecule has 0 saturated carbocycles. The number of nitrogens with zero attached hydrogens (tertiary/aromatic N) is 1. The van der Waals surface area contributed by atoms with E-state index in [1.807, 2.05) is 30.8 Å². The number of hydrogen-bond acceptors (Lipinski definition) is 4. The van der Waals surface area contributed by atoms with Crippen molar-refractivity contribution < 1.29 is 4.74 Å². The fourth-order valence-electron chi connectivity index (χ4n) is 1.81. The monoisotopic (exact) mass is 326 g/mol. The number of benzene rings is 1. The molecule has 1 heterocycles. The van der Waals surface area contributed by atoms with Gasteiger partial charge in [-0.3, -0.25) is 0 Å². The molecule has 0 aliphatic carbocycles. The van der Waals surface area contributed by atoms with Crippen LogP contribution in [-0.2, 0) is 6.42 Å². The molecule has 0 amide bonds. The van der Waals surface area contributed by atoms with E-state index < -0.39 is 0 Å². The largest absolute Gasteiger partial charge is 0.497 e. The van der Waals surface area contributed by atoms with Crippen LogP contribution in [0.2, 0.25) is 0 Å². The summed E-state index contributed by atoms with van der Waals surface area (Å²) in [5.41, 5.74) is 1.19. The molecule has 1 unspecified atom stereocenters. The number of aromatic nitrogens is 1. The molecule has 1 N–H and O–H groups in total. The molecule has 2 aromatic rings. The average Bonchev–Trinajstić information content (AvgIpc) is 2.90. The summed E-state index contributed by atoms with van der Waals surface area (Å²) in [6, 6.07) is 6.24. The number of hydrogen-bond donors (Lipinski definition) is 1. The minimum Gasteiger partial charge on any atom is -0.497 e. The highest BCUT2D eigenvalue weighted by molar-refractivity contribution is 9.10. The van der Waals surface area contributed by atoms with Crippen molar-refractivity contribution in [1.82, 2.24) is 10.3 Å². The molecule has 2 rings (SSSR count). The summed E-state index contributed by atoms with van der Waals surface area (Å²) in [5.74, 6) is 0.868. The highest BCUT2D eigenvalue weighted by Gasteiger charge is 2.15. The van der Waals surface area contributed by atoms with Crippen molar-refractivity contribution in [3.05, 3.63) is 44.8 Å². The Bertz CT molecular complexity index is 502. The number of rotatable bonds is 5. The predicted molar refractivity (Wildman–Crippen MR) is 78.3 cm³/mol. The molecule has 0 saturated heterocycles. The van der Waals surface area contributed by atoms with Gasteiger partial charge >= 0.3 is 0 Å². The van der Waals surface area contributed by atoms with Gasteiger partial charge in [-0.1, -0.05) is 15.9 Å². The first-order valence-electron chi connectivity index (χ1n) is 5.63. The first kappa shape index (κ1) is 13.5. The maximum Gasteiger partial charge on any atom is 0.119 e. The predicted octanol–water partition coefficient (Wildman–Crippen LogP) is 3.42. The van der Waals surface area contributed by atoms with E-state index in [9.17, 15) is 0 Å². The third-order valence-electron chi connectivity index (χ3n) is 2.79. The van der Waals surface area contributed by atoms with Crippen LogP contribution in [-0.4, -0.2) is 19.1 Å². The summed E-state index contributed by atoms with van der Waals surface area (Å²) >= 11 is 5.27. The first-order valence-corrected chi connectivity index (χ1v) is 7.31. The lowest BCUT2D eigenvalue weighted by atomic mass is 10.0. The van der Waals surface area contributed by atoms with E-state index in [0.717, 1.165) is 21.7 Å². The van der Waals surface area contributed by atoms with Gasteiger partial charge in [0.05, 0.1) is 12.1 Å². The van der Waals surface area contributed by atoms with Crippen molar-refractivity contribution in [1.29, 1.82) is 0 Å². The van der Waals surface area contributed by atoms with Crippen LogP contribution in [0.25, 0.3) is 0 Å². The molecule has 18 heavy (non-hydrogen) atoms. The van der Waals surface area contributed by atoms with Gasteiger partial charge in [0.2, 0.25) is 0 Å². The van der Waals surface area contributed by atoms with Crippen LogP contribution in [0, 0.1) is 0 Å². The highest BCUT2D eigenvalue weighted by atomic mass is 79.9. The first-order chi connectivity index (χ1) is 8.74. The zero-order chi connectivity index (χ0) is 13.0. The fourth-order valence-corrected chi connectivity index (χ4v) is 3.00. The number of nitrogens with one attached hydrogen (secondary N) is 1. The molecule has 0 bridgehead atoms. The van der Waals surface area contributed by atoms with Crippen molar-refractivity contribution in [2.45, 2.75) is 12.5 Å². The van der Waals surface area contributed by atoms with Gasteiger partial charge in [0.1, 0.15) is 5.75 Å². The molecule has 0 spiro atoms. The summed E-state index contributed by atoms with van der Waals surface area (Å²) in [7, 11) is 3.65. The van der Waals surface area contributed by atoms with Crippen molar-refractivity contribution >= 4 is 27.3 Å². The maximum atomic E-state index is 5.28. The van der Waals surface area contributed by atoms with Crippen LogP contribution < -0.4 is 10.1 Å². The van der Waals surface area contributed by atoms with E-state index in [-0.39, 0.29) is 6.04 Å². The van der Waals surface area contributed by atoms with Gasteiger partial charge in [-0.2, -0.15) is 0 Å². The number of likely N-dealkylation sites (N-methyl/N-ethyl adjacent to an activating group) is 1. The lowest BCUT2D eigenvalue weighted by Gasteiger charge is -2.18. The molecule has 1 aromatic carbocycles. The Labute approximate surface area is 119 Å². The smallest absolute Gasteiger partial charge is 0.119 e. The van der Waals surface area contributed by atoms with Gasteiger partial charge in [0.25, 0.3) is 0 Å². The van der Waals surface area contributed by atoms with Crippen molar-refractivity contribution in [3.63, 3.8) is 0 Å². The molecule has 1 aromatic heterocycles. The van der Waals surface area contributed by atoms with E-state index in [4.69, 9.17) is 4.74 Å². The summed E-state index contributed by atoms with van der Waals surface area (Å²) in [4.78, 5) is 4.33. The van der Waals surface area contributed by atoms with Crippen LogP contribution in [0.3, 0.4) is 0 Å². The van der Waals surface area contributed by atoms with Crippen LogP contribution in [0.1, 0.15) is 16.6 Å². The summed E-state index contributed by atoms with van der Waals surface area (Å²) < 4.78 is 6.36. The minimum atomic E-state index is 0.223. The van der Waals surface area contributed by atoms with E-state index in [0.29, 0.717) is 0 Å². The molecule has 0 aliphatic rings. The summed E-state index contributed by atoms with van der Waals surface area (Å²) in [6.45, 7) is 0. The van der Waals surface area contributed by atoms with E-state index in [2.05, 4.69) is 32.3 Å². The Hall–Kier alpha value is -0.910. The second-order valence-electron chi connectivity index (χ2n) is 3.86. The van der Waals surface area contributed by atoms with Gasteiger partial charge in [-0.05, 0) is 30.8 Å². The van der Waals surface area contributed by atoms with Crippen LogP contribution in [0.5, 0.6) is 5.75 Å². The van der Waals surface area contributed by atoms with Gasteiger partial charge < -0.3 is 10.1 Å². The van der Waals surface area contributed by atoms with E-state index >= 15 is 0 Å². The molecular formula is C13H15BrN2OS. The molecular weight excluding hydrogens is 312 g/mol. The standard InChI is InChI=1S/C13H15BrN2OS/c1-15-12(8-13-16-5-6-18-13)10-7-9(17-2)3-4-11(10)14/h3-7,12,15H,8H2,1-2H3. The Balaban J connectivity index is 2.26.